The highest BCUT2D eigenvalue weighted by Crippen LogP contribution is 2.67. The Morgan fingerprint density at radius 2 is 1.79 bits per heavy atom. The Morgan fingerprint density at radius 1 is 1.13 bits per heavy atom. The van der Waals surface area contributed by atoms with Crippen molar-refractivity contribution in [3.63, 3.8) is 0 Å². The Labute approximate surface area is 221 Å². The molecule has 194 valence electrons. The van der Waals surface area contributed by atoms with Crippen LogP contribution in [-0.2, 0) is 4.74 Å². The lowest BCUT2D eigenvalue weighted by Gasteiger charge is -2.66. The first-order chi connectivity index (χ1) is 17.9. The van der Waals surface area contributed by atoms with Gasteiger partial charge in [-0.05, 0) is 95.7 Å². The Morgan fingerprint density at radius 3 is 2.37 bits per heavy atom. The van der Waals surface area contributed by atoms with Gasteiger partial charge in [0.05, 0.1) is 28.6 Å². The van der Waals surface area contributed by atoms with Crippen LogP contribution < -0.4 is 10.6 Å². The minimum atomic E-state index is -0.703. The van der Waals surface area contributed by atoms with Crippen LogP contribution in [0.25, 0.3) is 17.1 Å². The van der Waals surface area contributed by atoms with Crippen molar-refractivity contribution in [3.05, 3.63) is 40.6 Å². The Hall–Kier alpha value is -4.44. The molecule has 3 saturated carbocycles. The van der Waals surface area contributed by atoms with Gasteiger partial charge in [-0.1, -0.05) is 0 Å². The maximum atomic E-state index is 13.1. The number of nitrogens with one attached hydrogen (secondary N) is 2. The van der Waals surface area contributed by atoms with Gasteiger partial charge in [0.1, 0.15) is 11.4 Å². The van der Waals surface area contributed by atoms with E-state index in [9.17, 15) is 10.1 Å². The molecule has 0 amide bonds. The molecule has 6 rings (SSSR count). The molecule has 2 heterocycles. The van der Waals surface area contributed by atoms with Crippen molar-refractivity contribution in [2.45, 2.75) is 71.9 Å². The predicted octanol–water partition coefficient (Wildman–Crippen LogP) is 5.67. The fraction of sp³-hybridized carbons (Fsp3) is 0.429. The van der Waals surface area contributed by atoms with Crippen LogP contribution in [0.5, 0.6) is 0 Å². The van der Waals surface area contributed by atoms with E-state index in [4.69, 9.17) is 20.0 Å². The van der Waals surface area contributed by atoms with Crippen LogP contribution in [0, 0.1) is 48.8 Å². The van der Waals surface area contributed by atoms with Crippen molar-refractivity contribution in [2.75, 3.05) is 10.6 Å². The largest absolute Gasteiger partial charge is 0.442 e. The number of anilines is 3. The first kappa shape index (κ1) is 25.2. The van der Waals surface area contributed by atoms with E-state index in [1.807, 2.05) is 32.0 Å². The van der Waals surface area contributed by atoms with Gasteiger partial charge in [-0.15, -0.1) is 4.68 Å². The van der Waals surface area contributed by atoms with Crippen molar-refractivity contribution < 1.29 is 9.53 Å². The van der Waals surface area contributed by atoms with E-state index in [1.54, 1.807) is 33.8 Å². The highest BCUT2D eigenvalue weighted by Gasteiger charge is 2.69. The number of allylic oxidation sites excluding steroid dienone is 1. The fourth-order valence-corrected chi connectivity index (χ4v) is 5.58. The molecule has 0 atom stereocenters. The lowest BCUT2D eigenvalue weighted by atomic mass is 9.40. The highest BCUT2D eigenvalue weighted by atomic mass is 16.6. The number of benzene rings is 1. The minimum Gasteiger partial charge on any atom is -0.442 e. The maximum Gasteiger partial charge on any atom is 0.437 e. The molecule has 2 N–H and O–H groups in total. The Balaban J connectivity index is 1.59. The second kappa shape index (κ2) is 8.56. The third-order valence-corrected chi connectivity index (χ3v) is 7.06. The summed E-state index contributed by atoms with van der Waals surface area (Å²) in [6, 6.07) is 8.41. The number of nitriles is 2. The van der Waals surface area contributed by atoms with Crippen LogP contribution in [-0.4, -0.2) is 37.0 Å². The van der Waals surface area contributed by atoms with E-state index in [2.05, 4.69) is 21.8 Å². The number of nitrogens with zero attached hydrogens (tertiary/aromatic N) is 6. The third-order valence-electron chi connectivity index (χ3n) is 7.06. The van der Waals surface area contributed by atoms with Gasteiger partial charge in [-0.25, -0.2) is 4.79 Å². The zero-order valence-corrected chi connectivity index (χ0v) is 22.4. The molecular weight excluding hydrogens is 480 g/mol. The van der Waals surface area contributed by atoms with Crippen molar-refractivity contribution >= 4 is 40.7 Å². The number of aryl methyl sites for hydroxylation is 3. The zero-order chi connectivity index (χ0) is 27.5. The van der Waals surface area contributed by atoms with Gasteiger partial charge in [-0.3, -0.25) is 0 Å². The fourth-order valence-electron chi connectivity index (χ4n) is 5.58. The second-order valence-electron chi connectivity index (χ2n) is 11.5. The number of carbonyl (C=O) groups excluding carboxylic acids is 1. The van der Waals surface area contributed by atoms with Gasteiger partial charge < -0.3 is 15.4 Å². The first-order valence-electron chi connectivity index (χ1n) is 12.5. The van der Waals surface area contributed by atoms with Crippen LogP contribution in [0.3, 0.4) is 0 Å². The average molecular weight is 511 g/mol. The van der Waals surface area contributed by atoms with Gasteiger partial charge in [0.25, 0.3) is 0 Å². The summed E-state index contributed by atoms with van der Waals surface area (Å²) in [5.74, 6) is 0.873. The summed E-state index contributed by atoms with van der Waals surface area (Å²) in [5, 5.41) is 30.3. The van der Waals surface area contributed by atoms with Gasteiger partial charge in [0.15, 0.2) is 5.65 Å². The van der Waals surface area contributed by atoms with E-state index in [-0.39, 0.29) is 11.0 Å². The standard InChI is InChI=1S/C28H30N8O2/c1-16-10-19(8-7-9-29)11-17(2)21(16)31-22-20-18(3)35-36(25(37)38-26(4,5)6)23(20)33-24(32-22)34-28-12-27(13-28,14-28)15-30/h7-8,10-11H,12-14H2,1-6H3,(H2,31,32,33,34)/b8-7+. The predicted molar refractivity (Wildman–Crippen MR) is 144 cm³/mol. The summed E-state index contributed by atoms with van der Waals surface area (Å²) in [6.07, 6.45) is 4.84. The molecule has 3 aromatic rings. The normalized spacial score (nSPS) is 21.8. The summed E-state index contributed by atoms with van der Waals surface area (Å²) in [4.78, 5) is 22.6. The number of aromatic nitrogens is 4. The third kappa shape index (κ3) is 4.32. The lowest BCUT2D eigenvalue weighted by molar-refractivity contribution is -0.0664. The van der Waals surface area contributed by atoms with Gasteiger partial charge in [-0.2, -0.15) is 25.6 Å². The van der Waals surface area contributed by atoms with Crippen molar-refractivity contribution in [3.8, 4) is 12.1 Å². The number of ether oxygens (including phenoxy) is 1. The molecule has 3 fully saturated rings. The highest BCUT2D eigenvalue weighted by molar-refractivity contribution is 5.96. The summed E-state index contributed by atoms with van der Waals surface area (Å²) in [6.45, 7) is 11.2. The van der Waals surface area contributed by atoms with Gasteiger partial charge in [0, 0.05) is 17.3 Å². The number of fused-ring (bicyclic) bond motifs is 1. The SMILES string of the molecule is Cc1cc(/C=C/C#N)cc(C)c1Nc1nc(NC23CC(C#N)(C2)C3)nc2c1c(C)nn2C(=O)OC(C)(C)C. The summed E-state index contributed by atoms with van der Waals surface area (Å²) < 4.78 is 6.77. The van der Waals surface area contributed by atoms with E-state index < -0.39 is 11.7 Å². The van der Waals surface area contributed by atoms with E-state index in [0.717, 1.165) is 41.6 Å². The molecule has 10 heteroatoms. The maximum absolute atomic E-state index is 13.1. The molecule has 10 nitrogen and oxygen atoms in total. The van der Waals surface area contributed by atoms with Gasteiger partial charge >= 0.3 is 6.09 Å². The van der Waals surface area contributed by atoms with Crippen LogP contribution in [0.4, 0.5) is 22.2 Å². The topological polar surface area (TPSA) is 142 Å². The van der Waals surface area contributed by atoms with Crippen LogP contribution in [0.1, 0.15) is 62.4 Å². The molecule has 0 spiro atoms. The summed E-state index contributed by atoms with van der Waals surface area (Å²) in [7, 11) is 0. The van der Waals surface area contributed by atoms with Crippen molar-refractivity contribution in [2.24, 2.45) is 5.41 Å². The molecule has 3 aliphatic rings. The van der Waals surface area contributed by atoms with Crippen LogP contribution in [0.15, 0.2) is 18.2 Å². The monoisotopic (exact) mass is 510 g/mol. The lowest BCUT2D eigenvalue weighted by Crippen LogP contribution is -2.70. The molecule has 0 unspecified atom stereocenters. The molecule has 38 heavy (non-hydrogen) atoms. The zero-order valence-electron chi connectivity index (χ0n) is 22.4. The smallest absolute Gasteiger partial charge is 0.437 e. The van der Waals surface area contributed by atoms with E-state index in [1.165, 1.54) is 10.8 Å². The number of hydrogen-bond acceptors (Lipinski definition) is 9. The number of hydrogen-bond donors (Lipinski definition) is 2. The molecule has 1 aromatic carbocycles. The van der Waals surface area contributed by atoms with Crippen molar-refractivity contribution in [1.29, 1.82) is 10.5 Å². The van der Waals surface area contributed by atoms with Crippen molar-refractivity contribution in [1.82, 2.24) is 19.7 Å². The molecule has 0 aliphatic heterocycles. The molecule has 0 radical (unpaired) electrons. The Kier molecular flexibility index (Phi) is 5.68. The second-order valence-corrected chi connectivity index (χ2v) is 11.5. The quantitative estimate of drug-likeness (QED) is 0.415. The summed E-state index contributed by atoms with van der Waals surface area (Å²) >= 11 is 0. The van der Waals surface area contributed by atoms with Gasteiger partial charge in [0.2, 0.25) is 5.95 Å². The number of carbonyl (C=O) groups is 1. The van der Waals surface area contributed by atoms with Crippen LogP contribution in [0.2, 0.25) is 0 Å². The minimum absolute atomic E-state index is 0.201. The average Bonchev–Trinajstić information content (AvgIpc) is 3.11. The molecule has 2 aromatic heterocycles. The summed E-state index contributed by atoms with van der Waals surface area (Å²) in [5.41, 5.74) is 3.50. The molecule has 0 saturated heterocycles. The van der Waals surface area contributed by atoms with E-state index >= 15 is 0 Å². The van der Waals surface area contributed by atoms with Crippen LogP contribution >= 0.6 is 0 Å². The number of rotatable bonds is 5. The van der Waals surface area contributed by atoms with E-state index in [0.29, 0.717) is 28.5 Å². The molecule has 2 bridgehead atoms. The molecule has 3 aliphatic carbocycles. The molecular formula is C28H30N8O2. The Bertz CT molecular complexity index is 1550. The first-order valence-corrected chi connectivity index (χ1v) is 12.5.